The van der Waals surface area contributed by atoms with Crippen LogP contribution >= 0.6 is 0 Å². The fourth-order valence-electron chi connectivity index (χ4n) is 1.61. The zero-order valence-corrected chi connectivity index (χ0v) is 11.2. The molecule has 0 aliphatic rings. The molecule has 1 rings (SSSR count). The molecule has 0 N–H and O–H groups in total. The van der Waals surface area contributed by atoms with Gasteiger partial charge in [0.25, 0.3) is 0 Å². The van der Waals surface area contributed by atoms with Crippen LogP contribution in [0, 0.1) is 0 Å². The van der Waals surface area contributed by atoms with E-state index in [1.54, 1.807) is 24.3 Å². The molecule has 0 aliphatic carbocycles. The van der Waals surface area contributed by atoms with E-state index >= 15 is 0 Å². The number of allylic oxidation sites excluding steroid dienone is 1. The maximum Gasteiger partial charge on any atom is 0.215 e. The summed E-state index contributed by atoms with van der Waals surface area (Å²) >= 11 is 0. The lowest BCUT2D eigenvalue weighted by molar-refractivity contribution is -0.127. The largest absolute Gasteiger partial charge is 0.475 e. The van der Waals surface area contributed by atoms with Crippen LogP contribution in [0.3, 0.4) is 0 Å². The number of carbonyl (C=O) groups excluding carboxylic acids is 2. The summed E-state index contributed by atoms with van der Waals surface area (Å²) in [6.45, 7) is 2.13. The minimum absolute atomic E-state index is 0.310. The van der Waals surface area contributed by atoms with Crippen LogP contribution in [0.2, 0.25) is 0 Å². The average Bonchev–Trinajstić information content (AvgIpc) is 2.45. The molecule has 1 atom stereocenters. The average molecular weight is 260 g/mol. The standard InChI is InChI=1S/C16H20O3/c1-2-3-4-5-9-12-15(18)16(13-17)19-14-10-7-6-8-11-14/h6-13,16H,2-5H2,1H3. The summed E-state index contributed by atoms with van der Waals surface area (Å²) in [5.74, 6) is 0.211. The smallest absolute Gasteiger partial charge is 0.215 e. The van der Waals surface area contributed by atoms with Crippen molar-refractivity contribution in [2.75, 3.05) is 0 Å². The van der Waals surface area contributed by atoms with Crippen molar-refractivity contribution in [1.29, 1.82) is 0 Å². The van der Waals surface area contributed by atoms with Crippen LogP contribution in [0.5, 0.6) is 5.75 Å². The predicted molar refractivity (Wildman–Crippen MR) is 75.2 cm³/mol. The van der Waals surface area contributed by atoms with E-state index < -0.39 is 6.10 Å². The van der Waals surface area contributed by atoms with Crippen LogP contribution in [-0.2, 0) is 9.59 Å². The maximum absolute atomic E-state index is 11.8. The van der Waals surface area contributed by atoms with Gasteiger partial charge < -0.3 is 4.74 Å². The van der Waals surface area contributed by atoms with Gasteiger partial charge in [0.1, 0.15) is 5.75 Å². The van der Waals surface area contributed by atoms with E-state index in [9.17, 15) is 9.59 Å². The first kappa shape index (κ1) is 15.2. The summed E-state index contributed by atoms with van der Waals surface area (Å²) in [5.41, 5.74) is 0. The zero-order valence-electron chi connectivity index (χ0n) is 11.2. The second-order valence-electron chi connectivity index (χ2n) is 4.29. The summed E-state index contributed by atoms with van der Waals surface area (Å²) in [4.78, 5) is 22.7. The van der Waals surface area contributed by atoms with Crippen LogP contribution in [-0.4, -0.2) is 18.2 Å². The molecule has 0 aliphatic heterocycles. The lowest BCUT2D eigenvalue weighted by Gasteiger charge is -2.10. The van der Waals surface area contributed by atoms with Gasteiger partial charge in [-0.25, -0.2) is 0 Å². The third kappa shape index (κ3) is 6.00. The summed E-state index contributed by atoms with van der Waals surface area (Å²) in [5, 5.41) is 0. The minimum Gasteiger partial charge on any atom is -0.475 e. The predicted octanol–water partition coefficient (Wildman–Crippen LogP) is 3.34. The fraction of sp³-hybridized carbons (Fsp3) is 0.375. The Hall–Kier alpha value is -1.90. The van der Waals surface area contributed by atoms with E-state index in [4.69, 9.17) is 4.74 Å². The quantitative estimate of drug-likeness (QED) is 0.296. The molecular weight excluding hydrogens is 240 g/mol. The van der Waals surface area contributed by atoms with Gasteiger partial charge in [-0.05, 0) is 31.1 Å². The molecule has 0 fully saturated rings. The molecular formula is C16H20O3. The van der Waals surface area contributed by atoms with Crippen LogP contribution in [0.15, 0.2) is 42.5 Å². The molecule has 0 amide bonds. The number of hydrogen-bond acceptors (Lipinski definition) is 3. The van der Waals surface area contributed by atoms with Gasteiger partial charge in [0.05, 0.1) is 0 Å². The Kier molecular flexibility index (Phi) is 7.25. The van der Waals surface area contributed by atoms with Crippen LogP contribution in [0.25, 0.3) is 0 Å². The molecule has 102 valence electrons. The van der Waals surface area contributed by atoms with Gasteiger partial charge in [0, 0.05) is 0 Å². The molecule has 1 aromatic carbocycles. The third-order valence-electron chi connectivity index (χ3n) is 2.67. The lowest BCUT2D eigenvalue weighted by atomic mass is 10.1. The van der Waals surface area contributed by atoms with Crippen molar-refractivity contribution < 1.29 is 14.3 Å². The number of ether oxygens (including phenoxy) is 1. The highest BCUT2D eigenvalue weighted by atomic mass is 16.5. The number of unbranched alkanes of at least 4 members (excludes halogenated alkanes) is 3. The van der Waals surface area contributed by atoms with E-state index in [2.05, 4.69) is 6.92 Å². The number of ketones is 1. The van der Waals surface area contributed by atoms with Crippen molar-refractivity contribution >= 4 is 12.1 Å². The van der Waals surface area contributed by atoms with Gasteiger partial charge in [0.15, 0.2) is 6.29 Å². The Morgan fingerprint density at radius 3 is 2.63 bits per heavy atom. The summed E-state index contributed by atoms with van der Waals surface area (Å²) in [6.07, 6.45) is 6.95. The number of aldehydes is 1. The Morgan fingerprint density at radius 1 is 1.26 bits per heavy atom. The van der Waals surface area contributed by atoms with Crippen molar-refractivity contribution in [1.82, 2.24) is 0 Å². The first-order valence-electron chi connectivity index (χ1n) is 6.65. The van der Waals surface area contributed by atoms with Crippen molar-refractivity contribution in [3.63, 3.8) is 0 Å². The molecule has 1 aromatic rings. The highest BCUT2D eigenvalue weighted by Crippen LogP contribution is 2.11. The Labute approximate surface area is 114 Å². The highest BCUT2D eigenvalue weighted by Gasteiger charge is 2.16. The van der Waals surface area contributed by atoms with E-state index in [1.807, 2.05) is 12.1 Å². The van der Waals surface area contributed by atoms with Crippen LogP contribution in [0.4, 0.5) is 0 Å². The fourth-order valence-corrected chi connectivity index (χ4v) is 1.61. The molecule has 0 heterocycles. The topological polar surface area (TPSA) is 43.4 Å². The SMILES string of the molecule is CCCCCC=CC(=O)C(C=O)Oc1ccccc1. The van der Waals surface area contributed by atoms with E-state index in [0.717, 1.165) is 25.7 Å². The molecule has 0 spiro atoms. The van der Waals surface area contributed by atoms with Crippen molar-refractivity contribution in [2.45, 2.75) is 38.7 Å². The van der Waals surface area contributed by atoms with Crippen molar-refractivity contribution in [2.24, 2.45) is 0 Å². The monoisotopic (exact) mass is 260 g/mol. The Bertz CT molecular complexity index is 409. The molecule has 0 radical (unpaired) electrons. The van der Waals surface area contributed by atoms with Crippen LogP contribution in [0.1, 0.15) is 32.6 Å². The summed E-state index contributed by atoms with van der Waals surface area (Å²) < 4.78 is 5.33. The van der Waals surface area contributed by atoms with Crippen molar-refractivity contribution in [3.05, 3.63) is 42.5 Å². The molecule has 0 aromatic heterocycles. The van der Waals surface area contributed by atoms with E-state index in [-0.39, 0.29) is 5.78 Å². The van der Waals surface area contributed by atoms with Gasteiger partial charge >= 0.3 is 0 Å². The Balaban J connectivity index is 2.46. The maximum atomic E-state index is 11.8. The summed E-state index contributed by atoms with van der Waals surface area (Å²) in [6, 6.07) is 8.87. The molecule has 0 saturated carbocycles. The normalized spacial score (nSPS) is 12.3. The van der Waals surface area contributed by atoms with Gasteiger partial charge in [-0.1, -0.05) is 44.0 Å². The van der Waals surface area contributed by atoms with Gasteiger partial charge in [-0.3, -0.25) is 9.59 Å². The number of rotatable bonds is 9. The summed E-state index contributed by atoms with van der Waals surface area (Å²) in [7, 11) is 0. The number of benzene rings is 1. The highest BCUT2D eigenvalue weighted by molar-refractivity contribution is 6.03. The molecule has 0 saturated heterocycles. The van der Waals surface area contributed by atoms with E-state index in [1.165, 1.54) is 6.08 Å². The Morgan fingerprint density at radius 2 is 2.00 bits per heavy atom. The molecule has 3 heteroatoms. The second-order valence-corrected chi connectivity index (χ2v) is 4.29. The first-order chi connectivity index (χ1) is 9.27. The molecule has 1 unspecified atom stereocenters. The van der Waals surface area contributed by atoms with Crippen LogP contribution < -0.4 is 4.74 Å². The van der Waals surface area contributed by atoms with E-state index in [0.29, 0.717) is 12.0 Å². The molecule has 19 heavy (non-hydrogen) atoms. The zero-order chi connectivity index (χ0) is 13.9. The minimum atomic E-state index is -1.05. The number of carbonyl (C=O) groups is 2. The lowest BCUT2D eigenvalue weighted by Crippen LogP contribution is -2.27. The number of hydrogen-bond donors (Lipinski definition) is 0. The molecule has 3 nitrogen and oxygen atoms in total. The van der Waals surface area contributed by atoms with Gasteiger partial charge in [0.2, 0.25) is 11.9 Å². The molecule has 0 bridgehead atoms. The third-order valence-corrected chi connectivity index (χ3v) is 2.67. The first-order valence-corrected chi connectivity index (χ1v) is 6.65. The number of para-hydroxylation sites is 1. The van der Waals surface area contributed by atoms with Crippen molar-refractivity contribution in [3.8, 4) is 5.75 Å². The van der Waals surface area contributed by atoms with Gasteiger partial charge in [-0.2, -0.15) is 0 Å². The second kappa shape index (κ2) is 9.09. The van der Waals surface area contributed by atoms with Gasteiger partial charge in [-0.15, -0.1) is 0 Å².